The van der Waals surface area contributed by atoms with Gasteiger partial charge in [-0.3, -0.25) is 14.4 Å². The van der Waals surface area contributed by atoms with Crippen LogP contribution in [0.4, 0.5) is 5.69 Å². The van der Waals surface area contributed by atoms with Crippen molar-refractivity contribution in [3.8, 4) is 0 Å². The molecule has 0 saturated carbocycles. The van der Waals surface area contributed by atoms with Crippen molar-refractivity contribution in [1.82, 2.24) is 10.2 Å². The highest BCUT2D eigenvalue weighted by atomic mass is 16.2. The van der Waals surface area contributed by atoms with Gasteiger partial charge in [0.05, 0.1) is 0 Å². The number of aryl methyl sites for hydroxylation is 1. The van der Waals surface area contributed by atoms with Crippen molar-refractivity contribution < 1.29 is 14.4 Å². The third-order valence-corrected chi connectivity index (χ3v) is 5.09. The molecule has 0 bridgehead atoms. The van der Waals surface area contributed by atoms with E-state index in [2.05, 4.69) is 38.3 Å². The van der Waals surface area contributed by atoms with Crippen LogP contribution in [0.1, 0.15) is 62.9 Å². The number of rotatable bonds is 4. The first-order valence-corrected chi connectivity index (χ1v) is 9.58. The summed E-state index contributed by atoms with van der Waals surface area (Å²) in [4.78, 5) is 38.5. The van der Waals surface area contributed by atoms with Gasteiger partial charge >= 0.3 is 0 Å². The minimum atomic E-state index is -0.148. The van der Waals surface area contributed by atoms with Gasteiger partial charge in [0.1, 0.15) is 0 Å². The van der Waals surface area contributed by atoms with Crippen LogP contribution in [-0.4, -0.2) is 46.7 Å². The van der Waals surface area contributed by atoms with Crippen molar-refractivity contribution in [3.63, 3.8) is 0 Å². The summed E-state index contributed by atoms with van der Waals surface area (Å²) in [5.74, 6) is 0.00183. The fourth-order valence-electron chi connectivity index (χ4n) is 4.26. The Kier molecular flexibility index (Phi) is 5.12. The molecule has 0 aliphatic carbocycles. The molecule has 1 fully saturated rings. The fourth-order valence-corrected chi connectivity index (χ4v) is 4.26. The molecule has 2 N–H and O–H groups in total. The molecule has 0 atom stereocenters. The lowest BCUT2D eigenvalue weighted by Crippen LogP contribution is -2.67. The van der Waals surface area contributed by atoms with Crippen LogP contribution < -0.4 is 10.6 Å². The van der Waals surface area contributed by atoms with E-state index in [0.29, 0.717) is 31.5 Å². The molecule has 0 spiro atoms. The average molecular weight is 371 g/mol. The maximum Gasteiger partial charge on any atom is 0.224 e. The van der Waals surface area contributed by atoms with Crippen LogP contribution in [0, 0.1) is 0 Å². The van der Waals surface area contributed by atoms with Gasteiger partial charge in [-0.25, -0.2) is 0 Å². The first kappa shape index (κ1) is 19.5. The maximum absolute atomic E-state index is 12.7. The molecule has 2 aliphatic rings. The third-order valence-electron chi connectivity index (χ3n) is 5.09. The van der Waals surface area contributed by atoms with Gasteiger partial charge in [-0.2, -0.15) is 0 Å². The first-order chi connectivity index (χ1) is 12.5. The molecule has 2 amide bonds. The molecule has 1 aromatic rings. The Morgan fingerprint density at radius 1 is 1.04 bits per heavy atom. The van der Waals surface area contributed by atoms with Gasteiger partial charge in [-0.05, 0) is 57.9 Å². The summed E-state index contributed by atoms with van der Waals surface area (Å²) in [7, 11) is 0. The molecular formula is C21H29N3O3. The molecule has 0 aromatic heterocycles. The number of hydrogen-bond acceptors (Lipinski definition) is 4. The van der Waals surface area contributed by atoms with Gasteiger partial charge in [0.15, 0.2) is 5.78 Å². The molecule has 1 aromatic carbocycles. The summed E-state index contributed by atoms with van der Waals surface area (Å²) in [5.41, 5.74) is 2.08. The van der Waals surface area contributed by atoms with Crippen molar-refractivity contribution in [2.75, 3.05) is 18.4 Å². The Hall–Kier alpha value is -2.21. The summed E-state index contributed by atoms with van der Waals surface area (Å²) in [6, 6.07) is 5.36. The molecular weight excluding hydrogens is 342 g/mol. The molecule has 0 radical (unpaired) electrons. The Bertz CT molecular complexity index is 767. The number of carbonyl (C=O) groups excluding carboxylic acids is 3. The van der Waals surface area contributed by atoms with E-state index in [4.69, 9.17) is 0 Å². The number of Topliss-reactive ketones (excluding diaryl/α,β-unsaturated/α-hetero) is 1. The number of hydrogen-bond donors (Lipinski definition) is 2. The smallest absolute Gasteiger partial charge is 0.224 e. The van der Waals surface area contributed by atoms with Gasteiger partial charge in [-0.1, -0.05) is 0 Å². The summed E-state index contributed by atoms with van der Waals surface area (Å²) in [6.07, 6.45) is 1.51. The zero-order valence-electron chi connectivity index (χ0n) is 16.6. The molecule has 0 unspecified atom stereocenters. The highest BCUT2D eigenvalue weighted by molar-refractivity contribution is 6.00. The maximum atomic E-state index is 12.7. The van der Waals surface area contributed by atoms with E-state index >= 15 is 0 Å². The lowest BCUT2D eigenvalue weighted by Gasteiger charge is -2.48. The Labute approximate surface area is 160 Å². The number of benzene rings is 1. The number of ketones is 1. The van der Waals surface area contributed by atoms with Gasteiger partial charge in [0.25, 0.3) is 0 Å². The van der Waals surface area contributed by atoms with Crippen LogP contribution in [0.25, 0.3) is 0 Å². The lowest BCUT2D eigenvalue weighted by atomic mass is 9.91. The van der Waals surface area contributed by atoms with Crippen molar-refractivity contribution in [1.29, 1.82) is 0 Å². The number of carbonyl (C=O) groups is 3. The third kappa shape index (κ3) is 4.75. The number of anilines is 1. The number of nitrogens with one attached hydrogen (secondary N) is 2. The Balaban J connectivity index is 1.60. The molecule has 6 nitrogen and oxygen atoms in total. The van der Waals surface area contributed by atoms with E-state index in [0.717, 1.165) is 11.3 Å². The SMILES string of the molecule is CC1(C)CN(C(=O)CCC(=O)c2ccc3c(c2)CCC(=O)N3)CC(C)(C)N1. The molecule has 1 saturated heterocycles. The van der Waals surface area contributed by atoms with E-state index in [1.165, 1.54) is 0 Å². The summed E-state index contributed by atoms with van der Waals surface area (Å²) >= 11 is 0. The second-order valence-corrected chi connectivity index (χ2v) is 8.99. The monoisotopic (exact) mass is 371 g/mol. The quantitative estimate of drug-likeness (QED) is 0.797. The summed E-state index contributed by atoms with van der Waals surface area (Å²) in [5, 5.41) is 6.37. The van der Waals surface area contributed by atoms with Gasteiger partial charge in [0.2, 0.25) is 11.8 Å². The zero-order chi connectivity index (χ0) is 19.8. The van der Waals surface area contributed by atoms with E-state index < -0.39 is 0 Å². The molecule has 6 heteroatoms. The number of nitrogens with zero attached hydrogens (tertiary/aromatic N) is 1. The minimum Gasteiger partial charge on any atom is -0.339 e. The second-order valence-electron chi connectivity index (χ2n) is 8.99. The molecule has 27 heavy (non-hydrogen) atoms. The van der Waals surface area contributed by atoms with Crippen LogP contribution in [0.2, 0.25) is 0 Å². The molecule has 2 aliphatic heterocycles. The standard InChI is InChI=1S/C21H29N3O3/c1-20(2)12-24(13-21(3,4)23-20)19(27)10-8-17(25)15-5-7-16-14(11-15)6-9-18(26)22-16/h5,7,11,23H,6,8-10,12-13H2,1-4H3,(H,22,26). The molecule has 2 heterocycles. The largest absolute Gasteiger partial charge is 0.339 e. The first-order valence-electron chi connectivity index (χ1n) is 9.58. The number of fused-ring (bicyclic) bond motifs is 1. The van der Waals surface area contributed by atoms with E-state index in [-0.39, 0.29) is 41.5 Å². The van der Waals surface area contributed by atoms with Crippen LogP contribution in [-0.2, 0) is 16.0 Å². The highest BCUT2D eigenvalue weighted by Gasteiger charge is 2.38. The fraction of sp³-hybridized carbons (Fsp3) is 0.571. The number of amides is 2. The minimum absolute atomic E-state index is 0.00837. The topological polar surface area (TPSA) is 78.5 Å². The predicted molar refractivity (Wildman–Crippen MR) is 105 cm³/mol. The van der Waals surface area contributed by atoms with E-state index in [9.17, 15) is 14.4 Å². The molecule has 3 rings (SSSR count). The van der Waals surface area contributed by atoms with Crippen LogP contribution in [0.5, 0.6) is 0 Å². The van der Waals surface area contributed by atoms with Crippen LogP contribution >= 0.6 is 0 Å². The number of piperazine rings is 1. The molecule has 146 valence electrons. The van der Waals surface area contributed by atoms with Crippen molar-refractivity contribution in [2.45, 2.75) is 64.5 Å². The average Bonchev–Trinajstić information content (AvgIpc) is 2.56. The van der Waals surface area contributed by atoms with Crippen LogP contribution in [0.3, 0.4) is 0 Å². The lowest BCUT2D eigenvalue weighted by molar-refractivity contribution is -0.135. The van der Waals surface area contributed by atoms with Crippen molar-refractivity contribution in [2.24, 2.45) is 0 Å². The van der Waals surface area contributed by atoms with Gasteiger partial charge in [-0.15, -0.1) is 0 Å². The van der Waals surface area contributed by atoms with Gasteiger partial charge < -0.3 is 15.5 Å². The Morgan fingerprint density at radius 2 is 1.70 bits per heavy atom. The van der Waals surface area contributed by atoms with Crippen LogP contribution in [0.15, 0.2) is 18.2 Å². The zero-order valence-corrected chi connectivity index (χ0v) is 16.6. The summed E-state index contributed by atoms with van der Waals surface area (Å²) < 4.78 is 0. The van der Waals surface area contributed by atoms with Crippen molar-refractivity contribution >= 4 is 23.3 Å². The Morgan fingerprint density at radius 3 is 2.37 bits per heavy atom. The summed E-state index contributed by atoms with van der Waals surface area (Å²) in [6.45, 7) is 9.64. The second kappa shape index (κ2) is 7.08. The van der Waals surface area contributed by atoms with Crippen molar-refractivity contribution in [3.05, 3.63) is 29.3 Å². The van der Waals surface area contributed by atoms with E-state index in [1.54, 1.807) is 12.1 Å². The normalized spacial score (nSPS) is 20.6. The van der Waals surface area contributed by atoms with Gasteiger partial charge in [0, 0.05) is 54.7 Å². The van der Waals surface area contributed by atoms with E-state index in [1.807, 2.05) is 11.0 Å². The highest BCUT2D eigenvalue weighted by Crippen LogP contribution is 2.25. The predicted octanol–water partition coefficient (Wildman–Crippen LogP) is 2.52.